The van der Waals surface area contributed by atoms with Crippen molar-refractivity contribution in [3.63, 3.8) is 0 Å². The van der Waals surface area contributed by atoms with E-state index in [-0.39, 0.29) is 0 Å². The van der Waals surface area contributed by atoms with Crippen molar-refractivity contribution >= 4 is 22.1 Å². The smallest absolute Gasteiger partial charge is 0.132 e. The molecule has 0 amide bonds. The van der Waals surface area contributed by atoms with Crippen LogP contribution in [0.4, 0.5) is 0 Å². The van der Waals surface area contributed by atoms with E-state index in [4.69, 9.17) is 0 Å². The Morgan fingerprint density at radius 1 is 1.06 bits per heavy atom. The lowest BCUT2D eigenvalue weighted by molar-refractivity contribution is -0.118. The number of rotatable bonds is 5. The van der Waals surface area contributed by atoms with E-state index in [0.29, 0.717) is 18.6 Å². The predicted octanol–water partition coefficient (Wildman–Crippen LogP) is 4.61. The van der Waals surface area contributed by atoms with Gasteiger partial charge in [0.2, 0.25) is 0 Å². The molecule has 0 unspecified atom stereocenters. The van der Waals surface area contributed by atoms with Crippen molar-refractivity contribution in [2.45, 2.75) is 26.2 Å². The van der Waals surface area contributed by atoms with Crippen LogP contribution >= 0.6 is 0 Å². The molecular formula is C17H18O. The summed E-state index contributed by atoms with van der Waals surface area (Å²) in [5, 5.41) is 2.46. The van der Waals surface area contributed by atoms with Crippen LogP contribution in [0, 0.1) is 0 Å². The van der Waals surface area contributed by atoms with Gasteiger partial charge in [0, 0.05) is 12.8 Å². The Morgan fingerprint density at radius 2 is 1.78 bits per heavy atom. The Kier molecular flexibility index (Phi) is 3.93. The van der Waals surface area contributed by atoms with Crippen LogP contribution in [-0.4, -0.2) is 5.78 Å². The molecule has 2 rings (SSSR count). The fourth-order valence-electron chi connectivity index (χ4n) is 2.02. The standard InChI is InChI=1S/C17H18O/c1-3-17(18)11-8-13(2)15-10-9-14-6-4-5-7-16(14)12-15/h4-7,9-10,12H,2-3,8,11H2,1H3. The minimum Gasteiger partial charge on any atom is -0.300 e. The molecule has 0 spiro atoms. The second-order valence-electron chi connectivity index (χ2n) is 4.56. The van der Waals surface area contributed by atoms with Crippen LogP contribution in [0.1, 0.15) is 31.7 Å². The van der Waals surface area contributed by atoms with Gasteiger partial charge in [-0.3, -0.25) is 4.79 Å². The fourth-order valence-corrected chi connectivity index (χ4v) is 2.02. The van der Waals surface area contributed by atoms with Crippen molar-refractivity contribution in [3.05, 3.63) is 54.6 Å². The van der Waals surface area contributed by atoms with Crippen LogP contribution in [0.5, 0.6) is 0 Å². The van der Waals surface area contributed by atoms with Gasteiger partial charge in [-0.2, -0.15) is 0 Å². The molecule has 0 saturated carbocycles. The third-order valence-corrected chi connectivity index (χ3v) is 3.26. The van der Waals surface area contributed by atoms with Gasteiger partial charge < -0.3 is 0 Å². The van der Waals surface area contributed by atoms with Crippen LogP contribution in [-0.2, 0) is 4.79 Å². The summed E-state index contributed by atoms with van der Waals surface area (Å²) in [4.78, 5) is 11.3. The van der Waals surface area contributed by atoms with E-state index in [1.165, 1.54) is 10.8 Å². The van der Waals surface area contributed by atoms with Crippen molar-refractivity contribution in [2.75, 3.05) is 0 Å². The molecule has 0 atom stereocenters. The minimum atomic E-state index is 0.303. The van der Waals surface area contributed by atoms with Crippen LogP contribution in [0.2, 0.25) is 0 Å². The first-order chi connectivity index (χ1) is 8.70. The molecule has 0 saturated heterocycles. The molecule has 0 bridgehead atoms. The number of fused-ring (bicyclic) bond motifs is 1. The number of hydrogen-bond donors (Lipinski definition) is 0. The summed E-state index contributed by atoms with van der Waals surface area (Å²) in [7, 11) is 0. The van der Waals surface area contributed by atoms with Crippen molar-refractivity contribution in [1.29, 1.82) is 0 Å². The molecule has 0 radical (unpaired) electrons. The molecule has 0 heterocycles. The predicted molar refractivity (Wildman–Crippen MR) is 77.5 cm³/mol. The highest BCUT2D eigenvalue weighted by Crippen LogP contribution is 2.23. The van der Waals surface area contributed by atoms with Crippen LogP contribution in [0.25, 0.3) is 16.3 Å². The first-order valence-electron chi connectivity index (χ1n) is 6.39. The van der Waals surface area contributed by atoms with Gasteiger partial charge in [-0.15, -0.1) is 0 Å². The highest BCUT2D eigenvalue weighted by molar-refractivity contribution is 5.86. The monoisotopic (exact) mass is 238 g/mol. The van der Waals surface area contributed by atoms with E-state index >= 15 is 0 Å². The van der Waals surface area contributed by atoms with E-state index in [1.54, 1.807) is 0 Å². The van der Waals surface area contributed by atoms with Crippen molar-refractivity contribution < 1.29 is 4.79 Å². The lowest BCUT2D eigenvalue weighted by atomic mass is 9.98. The quantitative estimate of drug-likeness (QED) is 0.743. The molecule has 2 aromatic carbocycles. The first-order valence-corrected chi connectivity index (χ1v) is 6.39. The second kappa shape index (κ2) is 5.63. The highest BCUT2D eigenvalue weighted by atomic mass is 16.1. The number of Topliss-reactive ketones (excluding diaryl/α,β-unsaturated/α-hetero) is 1. The Balaban J connectivity index is 2.15. The van der Waals surface area contributed by atoms with Gasteiger partial charge in [0.1, 0.15) is 5.78 Å². The molecular weight excluding hydrogens is 220 g/mol. The summed E-state index contributed by atoms with van der Waals surface area (Å²) in [6.45, 7) is 5.99. The summed E-state index contributed by atoms with van der Waals surface area (Å²) >= 11 is 0. The van der Waals surface area contributed by atoms with Gasteiger partial charge in [-0.1, -0.05) is 49.9 Å². The summed E-state index contributed by atoms with van der Waals surface area (Å²) in [5.74, 6) is 0.303. The second-order valence-corrected chi connectivity index (χ2v) is 4.56. The molecule has 0 fully saturated rings. The third-order valence-electron chi connectivity index (χ3n) is 3.26. The minimum absolute atomic E-state index is 0.303. The maximum atomic E-state index is 11.3. The molecule has 18 heavy (non-hydrogen) atoms. The Morgan fingerprint density at radius 3 is 2.50 bits per heavy atom. The lowest BCUT2D eigenvalue weighted by Crippen LogP contribution is -1.95. The summed E-state index contributed by atoms with van der Waals surface area (Å²) in [6.07, 6.45) is 1.97. The molecule has 2 aromatic rings. The van der Waals surface area contributed by atoms with Gasteiger partial charge >= 0.3 is 0 Å². The van der Waals surface area contributed by atoms with Crippen LogP contribution in [0.3, 0.4) is 0 Å². The Bertz CT molecular complexity index is 581. The van der Waals surface area contributed by atoms with Gasteiger partial charge in [0.05, 0.1) is 0 Å². The zero-order valence-electron chi connectivity index (χ0n) is 10.8. The van der Waals surface area contributed by atoms with E-state index in [2.05, 4.69) is 36.9 Å². The van der Waals surface area contributed by atoms with Gasteiger partial charge in [-0.25, -0.2) is 0 Å². The molecule has 1 nitrogen and oxygen atoms in total. The normalized spacial score (nSPS) is 10.5. The van der Waals surface area contributed by atoms with Crippen molar-refractivity contribution in [1.82, 2.24) is 0 Å². The molecule has 0 N–H and O–H groups in total. The SMILES string of the molecule is C=C(CCC(=O)CC)c1ccc2ccccc2c1. The summed E-state index contributed by atoms with van der Waals surface area (Å²) in [6, 6.07) is 14.6. The zero-order valence-corrected chi connectivity index (χ0v) is 10.8. The molecule has 0 aliphatic heterocycles. The van der Waals surface area contributed by atoms with Gasteiger partial charge in [-0.05, 0) is 34.4 Å². The average Bonchev–Trinajstić information content (AvgIpc) is 2.43. The first kappa shape index (κ1) is 12.6. The van der Waals surface area contributed by atoms with Gasteiger partial charge in [0.25, 0.3) is 0 Å². The zero-order chi connectivity index (χ0) is 13.0. The summed E-state index contributed by atoms with van der Waals surface area (Å²) < 4.78 is 0. The Hall–Kier alpha value is -1.89. The van der Waals surface area contributed by atoms with E-state index in [1.807, 2.05) is 19.1 Å². The highest BCUT2D eigenvalue weighted by Gasteiger charge is 2.04. The summed E-state index contributed by atoms with van der Waals surface area (Å²) in [5.41, 5.74) is 2.18. The van der Waals surface area contributed by atoms with Gasteiger partial charge in [0.15, 0.2) is 0 Å². The maximum Gasteiger partial charge on any atom is 0.132 e. The third kappa shape index (κ3) is 2.86. The number of carbonyl (C=O) groups is 1. The topological polar surface area (TPSA) is 17.1 Å². The van der Waals surface area contributed by atoms with Crippen LogP contribution in [0.15, 0.2) is 49.0 Å². The van der Waals surface area contributed by atoms with Crippen molar-refractivity contribution in [2.24, 2.45) is 0 Å². The molecule has 0 aliphatic rings. The molecule has 92 valence electrons. The number of ketones is 1. The molecule has 1 heteroatoms. The van der Waals surface area contributed by atoms with Crippen molar-refractivity contribution in [3.8, 4) is 0 Å². The maximum absolute atomic E-state index is 11.3. The number of benzene rings is 2. The number of carbonyl (C=O) groups excluding carboxylic acids is 1. The Labute approximate surface area is 108 Å². The molecule has 0 aliphatic carbocycles. The number of allylic oxidation sites excluding steroid dienone is 1. The van der Waals surface area contributed by atoms with Crippen LogP contribution < -0.4 is 0 Å². The largest absolute Gasteiger partial charge is 0.300 e. The van der Waals surface area contributed by atoms with E-state index in [0.717, 1.165) is 17.6 Å². The lowest BCUT2D eigenvalue weighted by Gasteiger charge is -2.07. The average molecular weight is 238 g/mol. The fraction of sp³-hybridized carbons (Fsp3) is 0.235. The number of hydrogen-bond acceptors (Lipinski definition) is 1. The van der Waals surface area contributed by atoms with E-state index < -0.39 is 0 Å². The molecule has 0 aromatic heterocycles. The van der Waals surface area contributed by atoms with E-state index in [9.17, 15) is 4.79 Å².